The summed E-state index contributed by atoms with van der Waals surface area (Å²) in [5, 5.41) is 3.22. The summed E-state index contributed by atoms with van der Waals surface area (Å²) in [6.07, 6.45) is 3.43. The Labute approximate surface area is 134 Å². The number of thiophene rings is 1. The summed E-state index contributed by atoms with van der Waals surface area (Å²) in [7, 11) is 0. The average Bonchev–Trinajstić information content (AvgIpc) is 3.06. The van der Waals surface area contributed by atoms with Gasteiger partial charge in [-0.05, 0) is 36.4 Å². The molecule has 1 aromatic carbocycles. The Kier molecular flexibility index (Phi) is 6.10. The van der Waals surface area contributed by atoms with Crippen molar-refractivity contribution in [1.82, 2.24) is 4.98 Å². The lowest BCUT2D eigenvalue weighted by Crippen LogP contribution is -2.24. The van der Waals surface area contributed by atoms with Gasteiger partial charge < -0.3 is 5.73 Å². The van der Waals surface area contributed by atoms with E-state index >= 15 is 0 Å². The minimum atomic E-state index is -0.189. The van der Waals surface area contributed by atoms with Gasteiger partial charge in [0.25, 0.3) is 0 Å². The van der Waals surface area contributed by atoms with Gasteiger partial charge in [-0.25, -0.2) is 0 Å². The van der Waals surface area contributed by atoms with E-state index in [0.717, 1.165) is 18.4 Å². The number of hydrogen-bond acceptors (Lipinski definition) is 3. The number of para-hydroxylation sites is 1. The molecule has 3 aromatic rings. The van der Waals surface area contributed by atoms with Crippen LogP contribution in [0.15, 0.2) is 60.1 Å². The van der Waals surface area contributed by atoms with Crippen molar-refractivity contribution in [3.05, 3.63) is 65.0 Å². The molecule has 1 unspecified atom stereocenters. The normalized spacial score (nSPS) is 11.5. The van der Waals surface area contributed by atoms with E-state index in [-0.39, 0.29) is 11.8 Å². The van der Waals surface area contributed by atoms with Crippen LogP contribution in [-0.2, 0) is 11.2 Å². The van der Waals surface area contributed by atoms with Gasteiger partial charge in [-0.15, -0.1) is 11.3 Å². The molecule has 0 saturated heterocycles. The van der Waals surface area contributed by atoms with Gasteiger partial charge in [-0.2, -0.15) is 0 Å². The molecule has 0 bridgehead atoms. The van der Waals surface area contributed by atoms with Crippen LogP contribution in [0.5, 0.6) is 0 Å². The number of primary amides is 1. The minimum absolute atomic E-state index is 0.00338. The molecule has 4 heteroatoms. The fourth-order valence-electron chi connectivity index (χ4n) is 2.13. The van der Waals surface area contributed by atoms with E-state index in [4.69, 9.17) is 5.73 Å². The highest BCUT2D eigenvalue weighted by atomic mass is 32.1. The molecule has 3 nitrogen and oxygen atoms in total. The average molecular weight is 312 g/mol. The summed E-state index contributed by atoms with van der Waals surface area (Å²) < 4.78 is 0. The Morgan fingerprint density at radius 2 is 1.95 bits per heavy atom. The fraction of sp³-hybridized carbons (Fsp3) is 0.222. The highest BCUT2D eigenvalue weighted by Gasteiger charge is 2.13. The van der Waals surface area contributed by atoms with E-state index in [2.05, 4.69) is 17.1 Å². The monoisotopic (exact) mass is 312 g/mol. The number of carbonyl (C=O) groups excluding carboxylic acids is 1. The van der Waals surface area contributed by atoms with Crippen molar-refractivity contribution in [2.24, 2.45) is 11.7 Å². The summed E-state index contributed by atoms with van der Waals surface area (Å²) in [5.41, 5.74) is 6.29. The second-order valence-electron chi connectivity index (χ2n) is 4.99. The van der Waals surface area contributed by atoms with Crippen LogP contribution in [0.2, 0.25) is 0 Å². The molecule has 2 aromatic heterocycles. The van der Waals surface area contributed by atoms with Gasteiger partial charge in [0, 0.05) is 22.4 Å². The molecule has 1 atom stereocenters. The molecule has 114 valence electrons. The van der Waals surface area contributed by atoms with Gasteiger partial charge in [-0.1, -0.05) is 37.3 Å². The summed E-state index contributed by atoms with van der Waals surface area (Å²) >= 11 is 1.68. The maximum atomic E-state index is 10.9. The van der Waals surface area contributed by atoms with Crippen LogP contribution < -0.4 is 5.73 Å². The Bertz CT molecular complexity index is 644. The SMILES string of the molecule is CCC(Cc1cccs1)C(N)=O.c1ccc2ncccc2c1. The van der Waals surface area contributed by atoms with Crippen LogP contribution >= 0.6 is 11.3 Å². The second kappa shape index (κ2) is 8.29. The molecule has 0 spiro atoms. The predicted molar refractivity (Wildman–Crippen MR) is 92.7 cm³/mol. The number of rotatable bonds is 4. The molecular formula is C18H20N2OS. The number of nitrogens with two attached hydrogens (primary N) is 1. The van der Waals surface area contributed by atoms with Crippen LogP contribution in [0.3, 0.4) is 0 Å². The zero-order valence-corrected chi connectivity index (χ0v) is 13.4. The van der Waals surface area contributed by atoms with Crippen molar-refractivity contribution in [2.75, 3.05) is 0 Å². The van der Waals surface area contributed by atoms with Crippen molar-refractivity contribution in [2.45, 2.75) is 19.8 Å². The molecule has 0 fully saturated rings. The Hall–Kier alpha value is -2.20. The van der Waals surface area contributed by atoms with E-state index in [9.17, 15) is 4.79 Å². The highest BCUT2D eigenvalue weighted by Crippen LogP contribution is 2.16. The Morgan fingerprint density at radius 3 is 2.59 bits per heavy atom. The Morgan fingerprint density at radius 1 is 1.18 bits per heavy atom. The number of amides is 1. The molecular weight excluding hydrogens is 292 g/mol. The van der Waals surface area contributed by atoms with E-state index in [1.165, 1.54) is 10.3 Å². The number of pyridine rings is 1. The summed E-state index contributed by atoms with van der Waals surface area (Å²) in [6.45, 7) is 1.99. The standard InChI is InChI=1S/C9H13NOS.C9H7N/c1-2-7(9(10)11)6-8-4-3-5-12-8;1-2-6-9-8(4-1)5-3-7-10-9/h3-5,7H,2,6H2,1H3,(H2,10,11);1-7H. The highest BCUT2D eigenvalue weighted by molar-refractivity contribution is 7.09. The van der Waals surface area contributed by atoms with Gasteiger partial charge in [0.05, 0.1) is 5.52 Å². The maximum Gasteiger partial charge on any atom is 0.220 e. The number of nitrogens with zero attached hydrogens (tertiary/aromatic N) is 1. The van der Waals surface area contributed by atoms with Crippen LogP contribution in [0.4, 0.5) is 0 Å². The van der Waals surface area contributed by atoms with E-state index in [1.807, 2.05) is 54.9 Å². The molecule has 2 heterocycles. The van der Waals surface area contributed by atoms with Crippen molar-refractivity contribution in [3.8, 4) is 0 Å². The number of fused-ring (bicyclic) bond motifs is 1. The van der Waals surface area contributed by atoms with Crippen molar-refractivity contribution in [1.29, 1.82) is 0 Å². The van der Waals surface area contributed by atoms with Crippen LogP contribution in [0, 0.1) is 5.92 Å². The molecule has 0 aliphatic heterocycles. The zero-order valence-electron chi connectivity index (χ0n) is 12.6. The molecule has 2 N–H and O–H groups in total. The number of aromatic nitrogens is 1. The minimum Gasteiger partial charge on any atom is -0.369 e. The largest absolute Gasteiger partial charge is 0.369 e. The van der Waals surface area contributed by atoms with Gasteiger partial charge >= 0.3 is 0 Å². The third-order valence-corrected chi connectivity index (χ3v) is 4.33. The molecule has 3 rings (SSSR count). The quantitative estimate of drug-likeness (QED) is 0.790. The van der Waals surface area contributed by atoms with Crippen LogP contribution in [0.25, 0.3) is 10.9 Å². The van der Waals surface area contributed by atoms with Gasteiger partial charge in [0.2, 0.25) is 5.91 Å². The molecule has 1 amide bonds. The third-order valence-electron chi connectivity index (χ3n) is 3.44. The first-order chi connectivity index (χ1) is 10.7. The lowest BCUT2D eigenvalue weighted by atomic mass is 10.0. The molecule has 22 heavy (non-hydrogen) atoms. The number of carbonyl (C=O) groups is 1. The van der Waals surface area contributed by atoms with E-state index in [0.29, 0.717) is 0 Å². The third kappa shape index (κ3) is 4.67. The first-order valence-electron chi connectivity index (χ1n) is 7.32. The second-order valence-corrected chi connectivity index (χ2v) is 6.02. The number of benzene rings is 1. The maximum absolute atomic E-state index is 10.9. The van der Waals surface area contributed by atoms with Crippen LogP contribution in [-0.4, -0.2) is 10.9 Å². The molecule has 0 aliphatic rings. The summed E-state index contributed by atoms with van der Waals surface area (Å²) in [4.78, 5) is 16.3. The van der Waals surface area contributed by atoms with Gasteiger partial charge in [0.1, 0.15) is 0 Å². The first kappa shape index (κ1) is 16.2. The lowest BCUT2D eigenvalue weighted by Gasteiger charge is -2.07. The predicted octanol–water partition coefficient (Wildman–Crippen LogP) is 4.04. The summed E-state index contributed by atoms with van der Waals surface area (Å²) in [5.74, 6) is -0.186. The van der Waals surface area contributed by atoms with E-state index in [1.54, 1.807) is 11.3 Å². The Balaban J connectivity index is 0.000000162. The molecule has 0 radical (unpaired) electrons. The topological polar surface area (TPSA) is 56.0 Å². The van der Waals surface area contributed by atoms with Crippen molar-refractivity contribution < 1.29 is 4.79 Å². The number of hydrogen-bond donors (Lipinski definition) is 1. The zero-order chi connectivity index (χ0) is 15.8. The summed E-state index contributed by atoms with van der Waals surface area (Å²) in [6, 6.07) is 16.1. The van der Waals surface area contributed by atoms with E-state index < -0.39 is 0 Å². The van der Waals surface area contributed by atoms with Crippen LogP contribution in [0.1, 0.15) is 18.2 Å². The lowest BCUT2D eigenvalue weighted by molar-refractivity contribution is -0.121. The molecule has 0 aliphatic carbocycles. The fourth-order valence-corrected chi connectivity index (χ4v) is 2.92. The molecule has 0 saturated carbocycles. The smallest absolute Gasteiger partial charge is 0.220 e. The van der Waals surface area contributed by atoms with Crippen molar-refractivity contribution in [3.63, 3.8) is 0 Å². The van der Waals surface area contributed by atoms with Gasteiger partial charge in [-0.3, -0.25) is 9.78 Å². The van der Waals surface area contributed by atoms with Gasteiger partial charge in [0.15, 0.2) is 0 Å². The van der Waals surface area contributed by atoms with Crippen molar-refractivity contribution >= 4 is 28.1 Å². The first-order valence-corrected chi connectivity index (χ1v) is 8.20.